The number of piperazine rings is 1. The Hall–Kier alpha value is -2.74. The van der Waals surface area contributed by atoms with Crippen molar-refractivity contribution < 1.29 is 14.3 Å². The van der Waals surface area contributed by atoms with Crippen molar-refractivity contribution in [3.05, 3.63) is 40.4 Å². The minimum absolute atomic E-state index is 0.0139. The smallest absolute Gasteiger partial charge is 0.258 e. The van der Waals surface area contributed by atoms with Crippen molar-refractivity contribution in [1.29, 1.82) is 0 Å². The van der Waals surface area contributed by atoms with Crippen LogP contribution in [0.15, 0.2) is 29.1 Å². The molecule has 2 fully saturated rings. The lowest BCUT2D eigenvalue weighted by Crippen LogP contribution is -2.52. The number of amides is 2. The number of benzene rings is 1. The van der Waals surface area contributed by atoms with Crippen LogP contribution in [0.5, 0.6) is 0 Å². The van der Waals surface area contributed by atoms with Gasteiger partial charge < -0.3 is 19.5 Å². The molecule has 148 valence electrons. The zero-order valence-electron chi connectivity index (χ0n) is 15.7. The van der Waals surface area contributed by atoms with E-state index >= 15 is 0 Å². The first-order valence-electron chi connectivity index (χ1n) is 9.78. The Morgan fingerprint density at radius 3 is 2.64 bits per heavy atom. The van der Waals surface area contributed by atoms with Crippen molar-refractivity contribution in [2.75, 3.05) is 32.8 Å². The number of H-pyrrole nitrogens is 1. The van der Waals surface area contributed by atoms with Gasteiger partial charge >= 0.3 is 0 Å². The third-order valence-electron chi connectivity index (χ3n) is 5.39. The van der Waals surface area contributed by atoms with Crippen molar-refractivity contribution in [2.24, 2.45) is 0 Å². The number of fused-ring (bicyclic) bond motifs is 1. The number of nitrogens with zero attached hydrogens (tertiary/aromatic N) is 3. The summed E-state index contributed by atoms with van der Waals surface area (Å²) in [6.45, 7) is 2.78. The van der Waals surface area contributed by atoms with E-state index in [0.717, 1.165) is 12.8 Å². The highest BCUT2D eigenvalue weighted by molar-refractivity contribution is 5.82. The fourth-order valence-corrected chi connectivity index (χ4v) is 3.79. The number of hydrogen-bond donors (Lipinski definition) is 1. The van der Waals surface area contributed by atoms with E-state index in [4.69, 9.17) is 4.74 Å². The molecule has 2 aliphatic rings. The predicted octanol–water partition coefficient (Wildman–Crippen LogP) is 0.705. The first kappa shape index (κ1) is 18.6. The van der Waals surface area contributed by atoms with E-state index < -0.39 is 0 Å². The Balaban J connectivity index is 1.30. The van der Waals surface area contributed by atoms with Gasteiger partial charge in [0, 0.05) is 45.6 Å². The average Bonchev–Trinajstić information content (AvgIpc) is 3.26. The van der Waals surface area contributed by atoms with Gasteiger partial charge in [-0.25, -0.2) is 4.98 Å². The van der Waals surface area contributed by atoms with Crippen molar-refractivity contribution in [3.8, 4) is 0 Å². The molecule has 2 amide bonds. The number of nitrogens with one attached hydrogen (secondary N) is 1. The molecule has 0 spiro atoms. The quantitative estimate of drug-likeness (QED) is 0.837. The lowest BCUT2D eigenvalue weighted by molar-refractivity contribution is -0.146. The molecule has 3 heterocycles. The van der Waals surface area contributed by atoms with Crippen LogP contribution in [0.2, 0.25) is 0 Å². The molecule has 0 aliphatic carbocycles. The number of aromatic amines is 1. The molecule has 0 radical (unpaired) electrons. The molecular formula is C20H24N4O4. The van der Waals surface area contributed by atoms with Crippen LogP contribution in [0.25, 0.3) is 10.9 Å². The average molecular weight is 384 g/mol. The lowest BCUT2D eigenvalue weighted by atomic mass is 10.2. The largest absolute Gasteiger partial charge is 0.368 e. The minimum atomic E-state index is -0.307. The van der Waals surface area contributed by atoms with Crippen molar-refractivity contribution in [1.82, 2.24) is 19.8 Å². The number of carbonyl (C=O) groups excluding carboxylic acids is 2. The van der Waals surface area contributed by atoms with Gasteiger partial charge in [0.25, 0.3) is 11.5 Å². The van der Waals surface area contributed by atoms with Gasteiger partial charge in [-0.05, 0) is 25.0 Å². The van der Waals surface area contributed by atoms with Crippen molar-refractivity contribution >= 4 is 22.7 Å². The second-order valence-corrected chi connectivity index (χ2v) is 7.24. The first-order chi connectivity index (χ1) is 13.6. The van der Waals surface area contributed by atoms with Gasteiger partial charge in [0.05, 0.1) is 10.9 Å². The van der Waals surface area contributed by atoms with Crippen LogP contribution < -0.4 is 5.56 Å². The van der Waals surface area contributed by atoms with E-state index in [1.807, 2.05) is 6.07 Å². The summed E-state index contributed by atoms with van der Waals surface area (Å²) in [5.74, 6) is 0.576. The van der Waals surface area contributed by atoms with Crippen LogP contribution in [-0.2, 0) is 20.7 Å². The van der Waals surface area contributed by atoms with E-state index in [-0.39, 0.29) is 29.9 Å². The fraction of sp³-hybridized carbons (Fsp3) is 0.500. The molecule has 0 saturated carbocycles. The number of ether oxygens (including phenoxy) is 1. The van der Waals surface area contributed by atoms with Crippen LogP contribution >= 0.6 is 0 Å². The summed E-state index contributed by atoms with van der Waals surface area (Å²) >= 11 is 0. The van der Waals surface area contributed by atoms with E-state index in [1.165, 1.54) is 0 Å². The number of para-hydroxylation sites is 1. The summed E-state index contributed by atoms with van der Waals surface area (Å²) < 4.78 is 5.46. The zero-order chi connectivity index (χ0) is 19.5. The molecular weight excluding hydrogens is 360 g/mol. The first-order valence-corrected chi connectivity index (χ1v) is 9.78. The third kappa shape index (κ3) is 3.91. The van der Waals surface area contributed by atoms with Gasteiger partial charge in [-0.2, -0.15) is 0 Å². The number of rotatable bonds is 4. The maximum absolute atomic E-state index is 12.5. The molecule has 1 atom stereocenters. The summed E-state index contributed by atoms with van der Waals surface area (Å²) in [4.78, 5) is 47.8. The lowest BCUT2D eigenvalue weighted by Gasteiger charge is -2.35. The third-order valence-corrected chi connectivity index (χ3v) is 5.39. The second kappa shape index (κ2) is 8.10. The highest BCUT2D eigenvalue weighted by Gasteiger charge is 2.31. The van der Waals surface area contributed by atoms with Crippen molar-refractivity contribution in [3.63, 3.8) is 0 Å². The van der Waals surface area contributed by atoms with E-state index in [1.54, 1.807) is 28.0 Å². The monoisotopic (exact) mass is 384 g/mol. The Kier molecular flexibility index (Phi) is 5.38. The summed E-state index contributed by atoms with van der Waals surface area (Å²) in [5, 5.41) is 0.546. The molecule has 8 nitrogen and oxygen atoms in total. The number of aromatic nitrogens is 2. The van der Waals surface area contributed by atoms with Gasteiger partial charge in [0.1, 0.15) is 11.9 Å². The Morgan fingerprint density at radius 1 is 1.14 bits per heavy atom. The van der Waals surface area contributed by atoms with Gasteiger partial charge in [-0.1, -0.05) is 12.1 Å². The molecule has 2 aliphatic heterocycles. The summed E-state index contributed by atoms with van der Waals surface area (Å²) in [7, 11) is 0. The van der Waals surface area contributed by atoms with Crippen LogP contribution in [0.4, 0.5) is 0 Å². The summed E-state index contributed by atoms with van der Waals surface area (Å²) in [6, 6.07) is 7.15. The maximum atomic E-state index is 12.5. The SMILES string of the molecule is O=C(CCc1nc2ccccc2c(=O)[nH]1)N1CCN(C(=O)[C@@H]2CCCO2)CC1. The van der Waals surface area contributed by atoms with Crippen LogP contribution in [0.1, 0.15) is 25.1 Å². The number of aryl methyl sites for hydroxylation is 1. The molecule has 1 N–H and O–H groups in total. The van der Waals surface area contributed by atoms with Crippen LogP contribution in [0, 0.1) is 0 Å². The van der Waals surface area contributed by atoms with Gasteiger partial charge in [0.2, 0.25) is 5.91 Å². The molecule has 0 bridgehead atoms. The van der Waals surface area contributed by atoms with Gasteiger partial charge in [-0.3, -0.25) is 14.4 Å². The maximum Gasteiger partial charge on any atom is 0.258 e. The molecule has 2 saturated heterocycles. The molecule has 1 aromatic carbocycles. The highest BCUT2D eigenvalue weighted by atomic mass is 16.5. The summed E-state index contributed by atoms with van der Waals surface area (Å²) in [5.41, 5.74) is 0.448. The van der Waals surface area contributed by atoms with E-state index in [0.29, 0.717) is 55.9 Å². The fourth-order valence-electron chi connectivity index (χ4n) is 3.79. The van der Waals surface area contributed by atoms with Crippen LogP contribution in [0.3, 0.4) is 0 Å². The molecule has 28 heavy (non-hydrogen) atoms. The number of carbonyl (C=O) groups is 2. The number of hydrogen-bond acceptors (Lipinski definition) is 5. The normalized spacial score (nSPS) is 19.9. The topological polar surface area (TPSA) is 95.6 Å². The van der Waals surface area contributed by atoms with E-state index in [9.17, 15) is 14.4 Å². The standard InChI is InChI=1S/C20H24N4O4/c25-18(8-7-17-21-15-5-2-1-4-14(15)19(26)22-17)23-9-11-24(12-10-23)20(27)16-6-3-13-28-16/h1-2,4-5,16H,3,6-13H2,(H,21,22,26)/t16-/m0/s1. The van der Waals surface area contributed by atoms with E-state index in [2.05, 4.69) is 9.97 Å². The molecule has 4 rings (SSSR count). The molecule has 2 aromatic rings. The Morgan fingerprint density at radius 2 is 1.89 bits per heavy atom. The highest BCUT2D eigenvalue weighted by Crippen LogP contribution is 2.16. The van der Waals surface area contributed by atoms with Gasteiger partial charge in [-0.15, -0.1) is 0 Å². The predicted molar refractivity (Wildman–Crippen MR) is 103 cm³/mol. The van der Waals surface area contributed by atoms with Gasteiger partial charge in [0.15, 0.2) is 0 Å². The Bertz CT molecular complexity index is 927. The zero-order valence-corrected chi connectivity index (χ0v) is 15.7. The van der Waals surface area contributed by atoms with Crippen molar-refractivity contribution in [2.45, 2.75) is 31.8 Å². The molecule has 8 heteroatoms. The Labute approximate surface area is 162 Å². The van der Waals surface area contributed by atoms with Crippen LogP contribution in [-0.4, -0.2) is 70.5 Å². The molecule has 1 aromatic heterocycles. The molecule has 0 unspecified atom stereocenters. The summed E-state index contributed by atoms with van der Waals surface area (Å²) in [6.07, 6.45) is 2.07. The minimum Gasteiger partial charge on any atom is -0.368 e. The second-order valence-electron chi connectivity index (χ2n) is 7.24.